The van der Waals surface area contributed by atoms with Crippen molar-refractivity contribution in [1.29, 1.82) is 5.26 Å². The number of nitriles is 1. The van der Waals surface area contributed by atoms with Crippen molar-refractivity contribution >= 4 is 23.5 Å². The molecule has 1 aromatic carbocycles. The Balaban J connectivity index is 1.78. The van der Waals surface area contributed by atoms with Crippen molar-refractivity contribution in [1.82, 2.24) is 10.7 Å². The fourth-order valence-electron chi connectivity index (χ4n) is 2.92. The number of rotatable bonds is 5. The molecule has 1 aromatic rings. The zero-order valence-corrected chi connectivity index (χ0v) is 15.0. The molecule has 0 spiro atoms. The maximum absolute atomic E-state index is 8.48. The summed E-state index contributed by atoms with van der Waals surface area (Å²) in [6.07, 6.45) is 5.40. The van der Waals surface area contributed by atoms with Gasteiger partial charge in [0.2, 0.25) is 0 Å². The van der Waals surface area contributed by atoms with Gasteiger partial charge in [0.1, 0.15) is 11.8 Å². The zero-order valence-electron chi connectivity index (χ0n) is 14.2. The van der Waals surface area contributed by atoms with E-state index in [2.05, 4.69) is 29.7 Å². The van der Waals surface area contributed by atoms with E-state index in [0.717, 1.165) is 17.9 Å². The van der Waals surface area contributed by atoms with Gasteiger partial charge in [-0.2, -0.15) is 10.4 Å². The molecule has 1 aliphatic carbocycles. The van der Waals surface area contributed by atoms with Crippen molar-refractivity contribution in [3.05, 3.63) is 29.8 Å². The Bertz CT molecular complexity index is 608. The smallest absolute Gasteiger partial charge is 0.187 e. The molecule has 128 valence electrons. The number of benzene rings is 1. The molecule has 2 rings (SSSR count). The fraction of sp³-hybridized carbons (Fsp3) is 0.500. The Morgan fingerprint density at radius 2 is 2.12 bits per heavy atom. The van der Waals surface area contributed by atoms with Crippen molar-refractivity contribution in [3.63, 3.8) is 0 Å². The van der Waals surface area contributed by atoms with Gasteiger partial charge >= 0.3 is 0 Å². The minimum atomic E-state index is 0.0487. The fourth-order valence-corrected chi connectivity index (χ4v) is 3.12. The van der Waals surface area contributed by atoms with E-state index in [1.165, 1.54) is 12.8 Å². The van der Waals surface area contributed by atoms with Crippen LogP contribution in [0.15, 0.2) is 29.4 Å². The molecule has 1 saturated carbocycles. The number of nitrogens with zero attached hydrogens (tertiary/aromatic N) is 2. The van der Waals surface area contributed by atoms with E-state index in [0.29, 0.717) is 22.8 Å². The summed E-state index contributed by atoms with van der Waals surface area (Å²) >= 11 is 5.32. The number of thiocarbonyl (C=S) groups is 1. The summed E-state index contributed by atoms with van der Waals surface area (Å²) in [4.78, 5) is 0. The molecule has 6 heteroatoms. The second kappa shape index (κ2) is 9.24. The van der Waals surface area contributed by atoms with E-state index in [-0.39, 0.29) is 6.61 Å². The molecular weight excluding hydrogens is 320 g/mol. The molecule has 0 radical (unpaired) electrons. The van der Waals surface area contributed by atoms with Gasteiger partial charge in [-0.1, -0.05) is 26.7 Å². The third kappa shape index (κ3) is 5.50. The van der Waals surface area contributed by atoms with E-state index in [1.54, 1.807) is 18.3 Å². The first-order valence-electron chi connectivity index (χ1n) is 8.29. The van der Waals surface area contributed by atoms with Crippen LogP contribution in [-0.2, 0) is 0 Å². The highest BCUT2D eigenvalue weighted by Gasteiger charge is 2.27. The summed E-state index contributed by atoms with van der Waals surface area (Å²) in [5.74, 6) is 2.01. The van der Waals surface area contributed by atoms with Crippen LogP contribution in [-0.4, -0.2) is 24.0 Å². The first kappa shape index (κ1) is 18.2. The number of ether oxygens (including phenoxy) is 1. The summed E-state index contributed by atoms with van der Waals surface area (Å²) in [7, 11) is 0. The summed E-state index contributed by atoms with van der Waals surface area (Å²) in [6.45, 7) is 4.63. The number of hydrazone groups is 1. The van der Waals surface area contributed by atoms with Gasteiger partial charge in [0.05, 0.1) is 6.21 Å². The molecule has 0 unspecified atom stereocenters. The summed E-state index contributed by atoms with van der Waals surface area (Å²) in [6, 6.07) is 9.71. The Morgan fingerprint density at radius 1 is 1.38 bits per heavy atom. The number of hydrogen-bond acceptors (Lipinski definition) is 4. The van der Waals surface area contributed by atoms with Crippen LogP contribution < -0.4 is 15.5 Å². The molecule has 0 saturated heterocycles. The Morgan fingerprint density at radius 3 is 2.83 bits per heavy atom. The van der Waals surface area contributed by atoms with Gasteiger partial charge in [-0.3, -0.25) is 5.43 Å². The highest BCUT2D eigenvalue weighted by atomic mass is 32.1. The maximum Gasteiger partial charge on any atom is 0.187 e. The standard InChI is InChI=1S/C18H24N4OS/c1-13-4-3-5-17(14(13)2)21-18(24)22-20-12-15-6-8-16(9-7-15)23-11-10-19/h6-9,12-14,17H,3-5,11H2,1-2H3,(H2,21,22,24)/b20-12-/t13-,14-,17-/m1/s1. The van der Waals surface area contributed by atoms with Crippen LogP contribution in [0.2, 0.25) is 0 Å². The third-order valence-electron chi connectivity index (χ3n) is 4.59. The first-order valence-corrected chi connectivity index (χ1v) is 8.70. The average molecular weight is 344 g/mol. The van der Waals surface area contributed by atoms with E-state index in [4.69, 9.17) is 22.2 Å². The maximum atomic E-state index is 8.48. The Labute approximate surface area is 149 Å². The lowest BCUT2D eigenvalue weighted by atomic mass is 9.78. The highest BCUT2D eigenvalue weighted by Crippen LogP contribution is 2.29. The van der Waals surface area contributed by atoms with Crippen molar-refractivity contribution in [3.8, 4) is 11.8 Å². The largest absolute Gasteiger partial charge is 0.479 e. The zero-order chi connectivity index (χ0) is 17.4. The molecule has 2 N–H and O–H groups in total. The van der Waals surface area contributed by atoms with Crippen LogP contribution in [0.5, 0.6) is 5.75 Å². The molecule has 1 aliphatic rings. The molecule has 24 heavy (non-hydrogen) atoms. The van der Waals surface area contributed by atoms with Crippen LogP contribution >= 0.6 is 12.2 Å². The van der Waals surface area contributed by atoms with Crippen LogP contribution in [0, 0.1) is 23.2 Å². The third-order valence-corrected chi connectivity index (χ3v) is 4.80. The lowest BCUT2D eigenvalue weighted by Crippen LogP contribution is -2.46. The average Bonchev–Trinajstić information content (AvgIpc) is 2.58. The number of hydrogen-bond donors (Lipinski definition) is 2. The monoisotopic (exact) mass is 344 g/mol. The Kier molecular flexibility index (Phi) is 7.01. The van der Waals surface area contributed by atoms with Crippen LogP contribution in [0.4, 0.5) is 0 Å². The lowest BCUT2D eigenvalue weighted by molar-refractivity contribution is 0.224. The topological polar surface area (TPSA) is 69.4 Å². The van der Waals surface area contributed by atoms with Crippen molar-refractivity contribution in [2.75, 3.05) is 6.61 Å². The molecule has 0 bridgehead atoms. The van der Waals surface area contributed by atoms with E-state index < -0.39 is 0 Å². The van der Waals surface area contributed by atoms with Gasteiger partial charge in [0.15, 0.2) is 11.7 Å². The van der Waals surface area contributed by atoms with E-state index >= 15 is 0 Å². The van der Waals surface area contributed by atoms with Gasteiger partial charge in [0.25, 0.3) is 0 Å². The highest BCUT2D eigenvalue weighted by molar-refractivity contribution is 7.80. The molecular formula is C18H24N4OS. The molecule has 0 aliphatic heterocycles. The summed E-state index contributed by atoms with van der Waals surface area (Å²) in [5.41, 5.74) is 3.80. The summed E-state index contributed by atoms with van der Waals surface area (Å²) < 4.78 is 5.20. The molecule has 0 amide bonds. The molecule has 5 nitrogen and oxygen atoms in total. The van der Waals surface area contributed by atoms with Gasteiger partial charge < -0.3 is 10.1 Å². The number of nitrogens with one attached hydrogen (secondary N) is 2. The second-order valence-corrected chi connectivity index (χ2v) is 6.64. The molecule has 3 atom stereocenters. The van der Waals surface area contributed by atoms with Crippen LogP contribution in [0.3, 0.4) is 0 Å². The van der Waals surface area contributed by atoms with Crippen molar-refractivity contribution < 1.29 is 4.74 Å². The predicted molar refractivity (Wildman–Crippen MR) is 100.0 cm³/mol. The van der Waals surface area contributed by atoms with Gasteiger partial charge in [-0.25, -0.2) is 0 Å². The lowest BCUT2D eigenvalue weighted by Gasteiger charge is -2.35. The second-order valence-electron chi connectivity index (χ2n) is 6.23. The van der Waals surface area contributed by atoms with Gasteiger partial charge in [-0.15, -0.1) is 0 Å². The van der Waals surface area contributed by atoms with E-state index in [1.807, 2.05) is 18.2 Å². The van der Waals surface area contributed by atoms with Gasteiger partial charge in [-0.05, 0) is 60.3 Å². The predicted octanol–water partition coefficient (Wildman–Crippen LogP) is 3.21. The van der Waals surface area contributed by atoms with Crippen molar-refractivity contribution in [2.24, 2.45) is 16.9 Å². The first-order chi connectivity index (χ1) is 11.6. The van der Waals surface area contributed by atoms with Gasteiger partial charge in [0, 0.05) is 6.04 Å². The minimum absolute atomic E-state index is 0.0487. The normalized spacial score (nSPS) is 23.5. The SMILES string of the molecule is C[C@@H]1[C@H](C)CCC[C@H]1NC(=S)N/N=C\c1ccc(OCC#N)cc1. The van der Waals surface area contributed by atoms with Crippen LogP contribution in [0.25, 0.3) is 0 Å². The molecule has 0 heterocycles. The molecule has 0 aromatic heterocycles. The van der Waals surface area contributed by atoms with Crippen LogP contribution in [0.1, 0.15) is 38.7 Å². The van der Waals surface area contributed by atoms with E-state index in [9.17, 15) is 0 Å². The Hall–Kier alpha value is -2.13. The minimum Gasteiger partial charge on any atom is -0.479 e. The molecule has 1 fully saturated rings. The quantitative estimate of drug-likeness (QED) is 0.488. The summed E-state index contributed by atoms with van der Waals surface area (Å²) in [5, 5.41) is 16.6. The van der Waals surface area contributed by atoms with Crippen molar-refractivity contribution in [2.45, 2.75) is 39.2 Å².